The summed E-state index contributed by atoms with van der Waals surface area (Å²) in [7, 11) is 2.02. The predicted molar refractivity (Wildman–Crippen MR) is 77.6 cm³/mol. The minimum Gasteiger partial charge on any atom is -0.316 e. The molecule has 0 spiro atoms. The van der Waals surface area contributed by atoms with Crippen LogP contribution in [-0.2, 0) is 13.5 Å². The van der Waals surface area contributed by atoms with Crippen molar-refractivity contribution in [1.29, 1.82) is 0 Å². The molecule has 3 nitrogen and oxygen atoms in total. The predicted octanol–water partition coefficient (Wildman–Crippen LogP) is 3.01. The maximum atomic E-state index is 4.23. The van der Waals surface area contributed by atoms with Crippen LogP contribution in [0, 0.1) is 11.3 Å². The second-order valence-electron chi connectivity index (χ2n) is 6.25. The first kappa shape index (κ1) is 15.2. The largest absolute Gasteiger partial charge is 0.316 e. The molecule has 0 radical (unpaired) electrons. The Labute approximate surface area is 112 Å². The summed E-state index contributed by atoms with van der Waals surface area (Å²) in [6.45, 7) is 11.5. The van der Waals surface area contributed by atoms with Crippen molar-refractivity contribution in [1.82, 2.24) is 15.1 Å². The average molecular weight is 251 g/mol. The van der Waals surface area contributed by atoms with E-state index in [-0.39, 0.29) is 0 Å². The van der Waals surface area contributed by atoms with Crippen LogP contribution in [0.25, 0.3) is 0 Å². The summed E-state index contributed by atoms with van der Waals surface area (Å²) in [5, 5.41) is 7.80. The lowest BCUT2D eigenvalue weighted by Gasteiger charge is -2.31. The number of rotatable bonds is 7. The molecule has 18 heavy (non-hydrogen) atoms. The first-order valence-corrected chi connectivity index (χ1v) is 7.12. The fourth-order valence-electron chi connectivity index (χ4n) is 2.26. The Bertz CT molecular complexity index is 336. The molecule has 1 unspecified atom stereocenters. The summed E-state index contributed by atoms with van der Waals surface area (Å²) < 4.78 is 1.99. The van der Waals surface area contributed by atoms with Crippen molar-refractivity contribution >= 4 is 0 Å². The van der Waals surface area contributed by atoms with E-state index in [9.17, 15) is 0 Å². The van der Waals surface area contributed by atoms with Crippen LogP contribution in [0.3, 0.4) is 0 Å². The van der Waals surface area contributed by atoms with E-state index in [4.69, 9.17) is 0 Å². The van der Waals surface area contributed by atoms with Crippen molar-refractivity contribution in [3.05, 3.63) is 18.0 Å². The van der Waals surface area contributed by atoms with Gasteiger partial charge in [-0.2, -0.15) is 5.10 Å². The molecule has 0 saturated heterocycles. The highest BCUT2D eigenvalue weighted by Gasteiger charge is 2.24. The van der Waals surface area contributed by atoms with Gasteiger partial charge in [0.05, 0.1) is 0 Å². The summed E-state index contributed by atoms with van der Waals surface area (Å²) in [4.78, 5) is 0. The molecule has 0 amide bonds. The van der Waals surface area contributed by atoms with E-state index in [1.807, 2.05) is 17.9 Å². The maximum absolute atomic E-state index is 4.23. The fraction of sp³-hybridized carbons (Fsp3) is 0.800. The molecule has 0 aromatic carbocycles. The molecule has 1 aromatic heterocycles. The molecule has 0 aliphatic heterocycles. The van der Waals surface area contributed by atoms with E-state index in [2.05, 4.69) is 44.2 Å². The molecule has 1 aromatic rings. The van der Waals surface area contributed by atoms with Gasteiger partial charge in [-0.05, 0) is 49.8 Å². The molecular formula is C15H29N3. The fourth-order valence-corrected chi connectivity index (χ4v) is 2.26. The third-order valence-electron chi connectivity index (χ3n) is 3.71. The van der Waals surface area contributed by atoms with E-state index in [0.717, 1.165) is 19.5 Å². The molecule has 0 saturated carbocycles. The topological polar surface area (TPSA) is 29.9 Å². The monoisotopic (exact) mass is 251 g/mol. The number of nitrogens with zero attached hydrogens (tertiary/aromatic N) is 2. The van der Waals surface area contributed by atoms with Gasteiger partial charge >= 0.3 is 0 Å². The lowest BCUT2D eigenvalue weighted by molar-refractivity contribution is 0.218. The zero-order chi connectivity index (χ0) is 13.6. The Balaban J connectivity index is 2.48. The molecule has 0 fully saturated rings. The maximum Gasteiger partial charge on any atom is 0.0492 e. The second kappa shape index (κ2) is 6.93. The molecule has 1 atom stereocenters. The van der Waals surface area contributed by atoms with Crippen LogP contribution >= 0.6 is 0 Å². The molecule has 0 aliphatic carbocycles. The Morgan fingerprint density at radius 2 is 2.11 bits per heavy atom. The van der Waals surface area contributed by atoms with Gasteiger partial charge < -0.3 is 5.32 Å². The highest BCUT2D eigenvalue weighted by molar-refractivity contribution is 5.00. The number of nitrogens with one attached hydrogen (secondary N) is 1. The highest BCUT2D eigenvalue weighted by Crippen LogP contribution is 2.29. The Kier molecular flexibility index (Phi) is 5.86. The van der Waals surface area contributed by atoms with Crippen LogP contribution in [0.1, 0.15) is 46.2 Å². The van der Waals surface area contributed by atoms with E-state index in [0.29, 0.717) is 11.3 Å². The van der Waals surface area contributed by atoms with Gasteiger partial charge in [0.25, 0.3) is 0 Å². The molecular weight excluding hydrogens is 222 g/mol. The minimum absolute atomic E-state index is 0.360. The van der Waals surface area contributed by atoms with Gasteiger partial charge in [0, 0.05) is 18.9 Å². The van der Waals surface area contributed by atoms with Crippen LogP contribution in [0.15, 0.2) is 12.3 Å². The van der Waals surface area contributed by atoms with Crippen LogP contribution in [0.5, 0.6) is 0 Å². The summed E-state index contributed by atoms with van der Waals surface area (Å²) in [6.07, 6.45) is 5.43. The summed E-state index contributed by atoms with van der Waals surface area (Å²) in [5.41, 5.74) is 1.69. The second-order valence-corrected chi connectivity index (χ2v) is 6.25. The lowest BCUT2D eigenvalue weighted by Crippen LogP contribution is -2.32. The molecule has 0 bridgehead atoms. The van der Waals surface area contributed by atoms with Gasteiger partial charge in [-0.25, -0.2) is 0 Å². The molecule has 1 heterocycles. The molecule has 0 aliphatic rings. The SMILES string of the molecule is CCCNCC(CCc1ccnn1C)C(C)(C)C. The zero-order valence-electron chi connectivity index (χ0n) is 12.7. The normalized spacial score (nSPS) is 13.8. The molecule has 3 heteroatoms. The van der Waals surface area contributed by atoms with Crippen molar-refractivity contribution in [3.8, 4) is 0 Å². The van der Waals surface area contributed by atoms with E-state index < -0.39 is 0 Å². The third-order valence-corrected chi connectivity index (χ3v) is 3.71. The number of aromatic nitrogens is 2. The quantitative estimate of drug-likeness (QED) is 0.755. The summed E-state index contributed by atoms with van der Waals surface area (Å²) in [5.74, 6) is 0.707. The number of hydrogen-bond donors (Lipinski definition) is 1. The van der Waals surface area contributed by atoms with Gasteiger partial charge in [-0.1, -0.05) is 27.7 Å². The van der Waals surface area contributed by atoms with Crippen molar-refractivity contribution in [2.24, 2.45) is 18.4 Å². The van der Waals surface area contributed by atoms with Gasteiger partial charge in [-0.3, -0.25) is 4.68 Å². The smallest absolute Gasteiger partial charge is 0.0492 e. The minimum atomic E-state index is 0.360. The van der Waals surface area contributed by atoms with Crippen LogP contribution in [-0.4, -0.2) is 22.9 Å². The standard InChI is InChI=1S/C15H29N3/c1-6-10-16-12-13(15(2,3)4)7-8-14-9-11-17-18(14)5/h9,11,13,16H,6-8,10,12H2,1-5H3. The summed E-state index contributed by atoms with van der Waals surface area (Å²) >= 11 is 0. The summed E-state index contributed by atoms with van der Waals surface area (Å²) in [6, 6.07) is 2.12. The first-order chi connectivity index (χ1) is 8.45. The Morgan fingerprint density at radius 1 is 1.39 bits per heavy atom. The third kappa shape index (κ3) is 4.81. The highest BCUT2D eigenvalue weighted by atomic mass is 15.2. The van der Waals surface area contributed by atoms with Crippen LogP contribution in [0.4, 0.5) is 0 Å². The lowest BCUT2D eigenvalue weighted by atomic mass is 9.77. The Morgan fingerprint density at radius 3 is 2.61 bits per heavy atom. The van der Waals surface area contributed by atoms with Crippen LogP contribution in [0.2, 0.25) is 0 Å². The van der Waals surface area contributed by atoms with Crippen LogP contribution < -0.4 is 5.32 Å². The van der Waals surface area contributed by atoms with E-state index in [1.54, 1.807) is 0 Å². The molecule has 104 valence electrons. The van der Waals surface area contributed by atoms with Gasteiger partial charge in [0.2, 0.25) is 0 Å². The Hall–Kier alpha value is -0.830. The first-order valence-electron chi connectivity index (χ1n) is 7.12. The average Bonchev–Trinajstić information content (AvgIpc) is 2.67. The number of aryl methyl sites for hydroxylation is 2. The zero-order valence-corrected chi connectivity index (χ0v) is 12.7. The van der Waals surface area contributed by atoms with Gasteiger partial charge in [-0.15, -0.1) is 0 Å². The van der Waals surface area contributed by atoms with Crippen molar-refractivity contribution in [3.63, 3.8) is 0 Å². The van der Waals surface area contributed by atoms with E-state index >= 15 is 0 Å². The van der Waals surface area contributed by atoms with Gasteiger partial charge in [0.15, 0.2) is 0 Å². The number of hydrogen-bond acceptors (Lipinski definition) is 2. The van der Waals surface area contributed by atoms with Crippen molar-refractivity contribution in [2.45, 2.75) is 47.0 Å². The van der Waals surface area contributed by atoms with Gasteiger partial charge in [0.1, 0.15) is 0 Å². The van der Waals surface area contributed by atoms with Crippen molar-refractivity contribution < 1.29 is 0 Å². The van der Waals surface area contributed by atoms with Crippen molar-refractivity contribution in [2.75, 3.05) is 13.1 Å². The molecule has 1 rings (SSSR count). The van der Waals surface area contributed by atoms with E-state index in [1.165, 1.54) is 18.5 Å². The molecule has 1 N–H and O–H groups in total.